The van der Waals surface area contributed by atoms with Crippen LogP contribution in [0.4, 0.5) is 5.95 Å². The minimum absolute atomic E-state index is 0.161. The molecule has 0 unspecified atom stereocenters. The van der Waals surface area contributed by atoms with Crippen LogP contribution < -0.4 is 5.43 Å². The second kappa shape index (κ2) is 6.44. The van der Waals surface area contributed by atoms with Crippen molar-refractivity contribution < 1.29 is 5.11 Å². The average molecular weight is 346 g/mol. The summed E-state index contributed by atoms with van der Waals surface area (Å²) < 4.78 is 2.11. The van der Waals surface area contributed by atoms with E-state index in [2.05, 4.69) is 62.3 Å². The molecule has 7 heteroatoms. The van der Waals surface area contributed by atoms with Crippen molar-refractivity contribution in [2.24, 2.45) is 5.10 Å². The largest absolute Gasteiger partial charge is 0.507 e. The molecule has 0 amide bonds. The Bertz CT molecular complexity index is 1130. The number of phenolic OH excluding ortho intramolecular Hbond substituents is 1. The van der Waals surface area contributed by atoms with Crippen molar-refractivity contribution in [1.82, 2.24) is 19.7 Å². The van der Waals surface area contributed by atoms with E-state index >= 15 is 0 Å². The number of nitrogens with zero attached hydrogens (tertiary/aromatic N) is 5. The Morgan fingerprint density at radius 3 is 2.85 bits per heavy atom. The lowest BCUT2D eigenvalue weighted by atomic mass is 10.2. The molecule has 4 rings (SSSR count). The van der Waals surface area contributed by atoms with Crippen LogP contribution in [0.1, 0.15) is 18.1 Å². The van der Waals surface area contributed by atoms with Crippen molar-refractivity contribution >= 4 is 34.2 Å². The Morgan fingerprint density at radius 1 is 1.19 bits per heavy atom. The van der Waals surface area contributed by atoms with E-state index in [0.29, 0.717) is 11.5 Å². The first kappa shape index (κ1) is 16.0. The number of para-hydroxylation sites is 1. The van der Waals surface area contributed by atoms with Crippen LogP contribution in [-0.2, 0) is 6.54 Å². The molecule has 0 radical (unpaired) electrons. The van der Waals surface area contributed by atoms with Crippen LogP contribution in [0.25, 0.3) is 22.1 Å². The smallest absolute Gasteiger partial charge is 0.265 e. The second-order valence-corrected chi connectivity index (χ2v) is 6.00. The maximum Gasteiger partial charge on any atom is 0.265 e. The van der Waals surface area contributed by atoms with Gasteiger partial charge in [0.2, 0.25) is 0 Å². The zero-order chi connectivity index (χ0) is 18.1. The number of nitrogens with one attached hydrogen (secondary N) is 1. The van der Waals surface area contributed by atoms with Crippen LogP contribution in [0.3, 0.4) is 0 Å². The van der Waals surface area contributed by atoms with Gasteiger partial charge < -0.3 is 9.67 Å². The van der Waals surface area contributed by atoms with Gasteiger partial charge in [0.15, 0.2) is 5.65 Å². The molecule has 2 aromatic carbocycles. The Hall–Kier alpha value is -3.48. The molecule has 0 bridgehead atoms. The van der Waals surface area contributed by atoms with E-state index in [1.807, 2.05) is 6.07 Å². The van der Waals surface area contributed by atoms with Crippen molar-refractivity contribution in [3.05, 3.63) is 53.6 Å². The van der Waals surface area contributed by atoms with Crippen molar-refractivity contribution in [3.63, 3.8) is 0 Å². The first-order valence-corrected chi connectivity index (χ1v) is 8.37. The fraction of sp³-hybridized carbons (Fsp3) is 0.158. The second-order valence-electron chi connectivity index (χ2n) is 6.00. The topological polar surface area (TPSA) is 88.2 Å². The zero-order valence-corrected chi connectivity index (χ0v) is 14.5. The third-order valence-corrected chi connectivity index (χ3v) is 4.24. The predicted molar refractivity (Wildman–Crippen MR) is 103 cm³/mol. The molecule has 0 atom stereocenters. The lowest BCUT2D eigenvalue weighted by molar-refractivity contribution is 0.474. The van der Waals surface area contributed by atoms with Crippen LogP contribution in [0.2, 0.25) is 0 Å². The summed E-state index contributed by atoms with van der Waals surface area (Å²) in [4.78, 5) is 4.57. The highest BCUT2D eigenvalue weighted by atomic mass is 16.3. The summed E-state index contributed by atoms with van der Waals surface area (Å²) in [5.74, 6) is 0.465. The van der Waals surface area contributed by atoms with Gasteiger partial charge in [-0.3, -0.25) is 0 Å². The number of anilines is 1. The summed E-state index contributed by atoms with van der Waals surface area (Å²) in [6, 6.07) is 13.2. The predicted octanol–water partition coefficient (Wildman–Crippen LogP) is 3.46. The summed E-state index contributed by atoms with van der Waals surface area (Å²) in [6.07, 6.45) is 1.52. The van der Waals surface area contributed by atoms with Crippen molar-refractivity contribution in [1.29, 1.82) is 0 Å². The van der Waals surface area contributed by atoms with E-state index in [0.717, 1.165) is 28.6 Å². The number of hydrazone groups is 1. The quantitative estimate of drug-likeness (QED) is 0.436. The first-order chi connectivity index (χ1) is 12.7. The van der Waals surface area contributed by atoms with Gasteiger partial charge in [0.1, 0.15) is 11.3 Å². The number of hydrogen-bond donors (Lipinski definition) is 2. The Morgan fingerprint density at radius 2 is 2.04 bits per heavy atom. The Balaban J connectivity index is 1.71. The van der Waals surface area contributed by atoms with Gasteiger partial charge in [-0.15, -0.1) is 10.2 Å². The number of phenols is 1. The number of aryl methyl sites for hydroxylation is 2. The van der Waals surface area contributed by atoms with Gasteiger partial charge >= 0.3 is 0 Å². The molecule has 130 valence electrons. The van der Waals surface area contributed by atoms with E-state index < -0.39 is 0 Å². The fourth-order valence-corrected chi connectivity index (χ4v) is 2.99. The SMILES string of the molecule is CCn1c2ccc(C)cc2c2nnc(N/N=C/c3ccccc3O)nc21. The molecule has 26 heavy (non-hydrogen) atoms. The number of aromatic hydroxyl groups is 1. The van der Waals surface area contributed by atoms with Crippen LogP contribution in [0.15, 0.2) is 47.6 Å². The molecular weight excluding hydrogens is 328 g/mol. The molecule has 0 saturated heterocycles. The van der Waals surface area contributed by atoms with Crippen LogP contribution in [-0.4, -0.2) is 31.1 Å². The van der Waals surface area contributed by atoms with Crippen LogP contribution >= 0.6 is 0 Å². The number of aromatic nitrogens is 4. The average Bonchev–Trinajstić information content (AvgIpc) is 2.95. The highest BCUT2D eigenvalue weighted by Crippen LogP contribution is 2.27. The van der Waals surface area contributed by atoms with Crippen molar-refractivity contribution in [2.45, 2.75) is 20.4 Å². The lowest BCUT2D eigenvalue weighted by Gasteiger charge is -2.03. The summed E-state index contributed by atoms with van der Waals surface area (Å²) in [5, 5.41) is 23.4. The third-order valence-electron chi connectivity index (χ3n) is 4.24. The monoisotopic (exact) mass is 346 g/mol. The Labute approximate surface area is 150 Å². The van der Waals surface area contributed by atoms with Crippen molar-refractivity contribution in [2.75, 3.05) is 5.43 Å². The summed E-state index contributed by atoms with van der Waals surface area (Å²) >= 11 is 0. The third kappa shape index (κ3) is 2.73. The maximum atomic E-state index is 9.75. The highest BCUT2D eigenvalue weighted by Gasteiger charge is 2.13. The molecular formula is C19H18N6O. The number of hydrogen-bond acceptors (Lipinski definition) is 6. The van der Waals surface area contributed by atoms with Crippen LogP contribution in [0.5, 0.6) is 5.75 Å². The highest BCUT2D eigenvalue weighted by molar-refractivity contribution is 6.04. The van der Waals surface area contributed by atoms with Gasteiger partial charge in [0, 0.05) is 17.5 Å². The summed E-state index contributed by atoms with van der Waals surface area (Å²) in [6.45, 7) is 4.91. The van der Waals surface area contributed by atoms with Gasteiger partial charge in [-0.2, -0.15) is 10.1 Å². The van der Waals surface area contributed by atoms with Crippen molar-refractivity contribution in [3.8, 4) is 5.75 Å². The normalized spacial score (nSPS) is 11.6. The van der Waals surface area contributed by atoms with E-state index in [1.165, 1.54) is 11.8 Å². The number of benzene rings is 2. The van der Waals surface area contributed by atoms with Gasteiger partial charge in [0.25, 0.3) is 5.95 Å². The van der Waals surface area contributed by atoms with E-state index in [9.17, 15) is 5.11 Å². The van der Waals surface area contributed by atoms with E-state index in [1.54, 1.807) is 18.2 Å². The Kier molecular flexibility index (Phi) is 3.96. The van der Waals surface area contributed by atoms with Gasteiger partial charge in [0.05, 0.1) is 11.7 Å². The van der Waals surface area contributed by atoms with Crippen LogP contribution in [0, 0.1) is 6.92 Å². The fourth-order valence-electron chi connectivity index (χ4n) is 2.99. The molecule has 7 nitrogen and oxygen atoms in total. The molecule has 2 aromatic heterocycles. The zero-order valence-electron chi connectivity index (χ0n) is 14.5. The molecule has 0 saturated carbocycles. The molecule has 2 heterocycles. The van der Waals surface area contributed by atoms with Gasteiger partial charge in [-0.25, -0.2) is 5.43 Å². The molecule has 4 aromatic rings. The molecule has 0 spiro atoms. The number of fused-ring (bicyclic) bond motifs is 3. The summed E-state index contributed by atoms with van der Waals surface area (Å²) in [5.41, 5.74) is 7.19. The summed E-state index contributed by atoms with van der Waals surface area (Å²) in [7, 11) is 0. The van der Waals surface area contributed by atoms with Gasteiger partial charge in [-0.1, -0.05) is 23.8 Å². The number of rotatable bonds is 4. The van der Waals surface area contributed by atoms with Gasteiger partial charge in [-0.05, 0) is 38.1 Å². The minimum Gasteiger partial charge on any atom is -0.507 e. The molecule has 0 fully saturated rings. The molecule has 2 N–H and O–H groups in total. The lowest BCUT2D eigenvalue weighted by Crippen LogP contribution is -2.02. The standard InChI is InChI=1S/C19H18N6O/c1-3-25-15-9-8-12(2)10-14(15)17-18(25)21-19(24-22-17)23-20-11-13-6-4-5-7-16(13)26/h4-11,26H,3H2,1-2H3,(H,21,23,24)/b20-11+. The molecule has 0 aliphatic rings. The molecule has 0 aliphatic heterocycles. The minimum atomic E-state index is 0.161. The van der Waals surface area contributed by atoms with E-state index in [-0.39, 0.29) is 5.75 Å². The molecule has 0 aliphatic carbocycles. The van der Waals surface area contributed by atoms with E-state index in [4.69, 9.17) is 0 Å². The first-order valence-electron chi connectivity index (χ1n) is 8.37. The maximum absolute atomic E-state index is 9.75.